The Morgan fingerprint density at radius 2 is 1.74 bits per heavy atom. The minimum Gasteiger partial charge on any atom is -0.340 e. The van der Waals surface area contributed by atoms with Crippen LogP contribution in [-0.4, -0.2) is 34.0 Å². The van der Waals surface area contributed by atoms with E-state index in [1.54, 1.807) is 50.4 Å². The van der Waals surface area contributed by atoms with Crippen molar-refractivity contribution in [2.75, 3.05) is 13.6 Å². The number of nitrogens with zero attached hydrogens (tertiary/aromatic N) is 3. The zero-order chi connectivity index (χ0) is 25.4. The van der Waals surface area contributed by atoms with Crippen LogP contribution in [0.3, 0.4) is 0 Å². The first-order chi connectivity index (χ1) is 15.7. The third-order valence-electron chi connectivity index (χ3n) is 5.57. The summed E-state index contributed by atoms with van der Waals surface area (Å²) < 4.78 is 44.4. The molecule has 0 aliphatic rings. The molecule has 34 heavy (non-hydrogen) atoms. The van der Waals surface area contributed by atoms with E-state index in [2.05, 4.69) is 4.98 Å². The van der Waals surface area contributed by atoms with Gasteiger partial charge in [-0.1, -0.05) is 62.7 Å². The number of carbonyl (C=O) groups excluding carboxylic acids is 1. The third kappa shape index (κ3) is 5.46. The molecule has 182 valence electrons. The number of hydrogen-bond acceptors (Lipinski definition) is 2. The normalized spacial score (nSPS) is 12.2. The number of alkyl halides is 3. The maximum Gasteiger partial charge on any atom is 0.431 e. The number of hydrogen-bond donors (Lipinski definition) is 0. The van der Waals surface area contributed by atoms with Crippen molar-refractivity contribution >= 4 is 17.5 Å². The van der Waals surface area contributed by atoms with Crippen molar-refractivity contribution in [1.82, 2.24) is 14.5 Å². The van der Waals surface area contributed by atoms with E-state index in [4.69, 9.17) is 11.6 Å². The van der Waals surface area contributed by atoms with E-state index < -0.39 is 17.8 Å². The van der Waals surface area contributed by atoms with Gasteiger partial charge in [0.2, 0.25) is 0 Å². The lowest BCUT2D eigenvalue weighted by atomic mass is 9.95. The van der Waals surface area contributed by atoms with Crippen molar-refractivity contribution in [2.45, 2.75) is 47.3 Å². The van der Waals surface area contributed by atoms with Gasteiger partial charge in [-0.2, -0.15) is 13.2 Å². The number of aryl methyl sites for hydroxylation is 1. The summed E-state index contributed by atoms with van der Waals surface area (Å²) in [6.45, 7) is 9.35. The molecule has 0 bridgehead atoms. The van der Waals surface area contributed by atoms with Gasteiger partial charge in [0.1, 0.15) is 16.5 Å². The molecule has 0 aliphatic heterocycles. The summed E-state index contributed by atoms with van der Waals surface area (Å²) >= 11 is 6.01. The predicted molar refractivity (Wildman–Crippen MR) is 129 cm³/mol. The zero-order valence-corrected chi connectivity index (χ0v) is 21.0. The quantitative estimate of drug-likeness (QED) is 0.360. The Kier molecular flexibility index (Phi) is 7.18. The first-order valence-corrected chi connectivity index (χ1v) is 11.3. The van der Waals surface area contributed by atoms with E-state index in [0.717, 1.165) is 4.57 Å². The lowest BCUT2D eigenvalue weighted by Gasteiger charge is -2.28. The minimum atomic E-state index is -4.66. The Balaban J connectivity index is 2.36. The molecule has 0 atom stereocenters. The van der Waals surface area contributed by atoms with Gasteiger partial charge in [0.15, 0.2) is 0 Å². The Bertz CT molecular complexity index is 1190. The van der Waals surface area contributed by atoms with Crippen LogP contribution in [0.4, 0.5) is 13.2 Å². The molecule has 8 heteroatoms. The van der Waals surface area contributed by atoms with Gasteiger partial charge in [-0.15, -0.1) is 0 Å². The Morgan fingerprint density at radius 3 is 2.26 bits per heavy atom. The number of carbonyl (C=O) groups is 1. The molecule has 2 heterocycles. The number of rotatable bonds is 5. The molecule has 0 radical (unpaired) electrons. The van der Waals surface area contributed by atoms with Crippen LogP contribution >= 0.6 is 11.6 Å². The second kappa shape index (κ2) is 9.45. The highest BCUT2D eigenvalue weighted by molar-refractivity contribution is 6.29. The van der Waals surface area contributed by atoms with Crippen molar-refractivity contribution in [2.24, 2.45) is 5.41 Å². The molecule has 0 saturated carbocycles. The molecule has 0 spiro atoms. The highest BCUT2D eigenvalue weighted by atomic mass is 35.5. The van der Waals surface area contributed by atoms with Crippen molar-refractivity contribution in [3.8, 4) is 11.1 Å². The van der Waals surface area contributed by atoms with Crippen LogP contribution in [0.15, 0.2) is 42.6 Å². The predicted octanol–water partition coefficient (Wildman–Crippen LogP) is 7.01. The molecule has 0 fully saturated rings. The molecule has 1 amide bonds. The van der Waals surface area contributed by atoms with E-state index in [0.29, 0.717) is 23.2 Å². The molecule has 3 aromatic rings. The topological polar surface area (TPSA) is 38.1 Å². The molecule has 0 saturated heterocycles. The zero-order valence-electron chi connectivity index (χ0n) is 20.2. The Hall–Kier alpha value is -2.80. The standard InChI is InChI=1S/C26H29ClF3N3O/c1-16-12-20(27)31-13-19(16)21-17(2)23(26(28,29)30)33(14-18-10-8-7-9-11-18)22(21)24(34)32(6)15-25(3,4)5/h7-13H,14-15H2,1-6H3. The van der Waals surface area contributed by atoms with Gasteiger partial charge in [-0.25, -0.2) is 4.98 Å². The van der Waals surface area contributed by atoms with E-state index in [-0.39, 0.29) is 33.9 Å². The van der Waals surface area contributed by atoms with Crippen LogP contribution in [0.2, 0.25) is 5.15 Å². The highest BCUT2D eigenvalue weighted by Crippen LogP contribution is 2.42. The van der Waals surface area contributed by atoms with Gasteiger partial charge in [0.25, 0.3) is 5.91 Å². The summed E-state index contributed by atoms with van der Waals surface area (Å²) in [5.41, 5.74) is 0.891. The fourth-order valence-electron chi connectivity index (χ4n) is 4.33. The van der Waals surface area contributed by atoms with Crippen LogP contribution in [0, 0.1) is 19.3 Å². The van der Waals surface area contributed by atoms with Crippen LogP contribution in [0.5, 0.6) is 0 Å². The highest BCUT2D eigenvalue weighted by Gasteiger charge is 2.42. The molecule has 0 N–H and O–H groups in total. The van der Waals surface area contributed by atoms with E-state index in [1.165, 1.54) is 18.0 Å². The van der Waals surface area contributed by atoms with Gasteiger partial charge < -0.3 is 9.47 Å². The van der Waals surface area contributed by atoms with Crippen LogP contribution in [0.1, 0.15) is 53.6 Å². The van der Waals surface area contributed by atoms with Gasteiger partial charge in [0, 0.05) is 37.5 Å². The number of halogens is 4. The first-order valence-electron chi connectivity index (χ1n) is 10.9. The lowest BCUT2D eigenvalue weighted by molar-refractivity contribution is -0.143. The van der Waals surface area contributed by atoms with Gasteiger partial charge in [-0.3, -0.25) is 4.79 Å². The lowest BCUT2D eigenvalue weighted by Crippen LogP contribution is -2.36. The van der Waals surface area contributed by atoms with Crippen molar-refractivity contribution < 1.29 is 18.0 Å². The molecular formula is C26H29ClF3N3O. The summed E-state index contributed by atoms with van der Waals surface area (Å²) in [4.78, 5) is 19.4. The molecule has 2 aromatic heterocycles. The smallest absolute Gasteiger partial charge is 0.340 e. The fourth-order valence-corrected chi connectivity index (χ4v) is 4.55. The average molecular weight is 492 g/mol. The van der Waals surface area contributed by atoms with Crippen LogP contribution < -0.4 is 0 Å². The number of aromatic nitrogens is 2. The number of pyridine rings is 1. The second-order valence-electron chi connectivity index (χ2n) is 9.81. The van der Waals surface area contributed by atoms with Crippen LogP contribution in [0.25, 0.3) is 11.1 Å². The summed E-state index contributed by atoms with van der Waals surface area (Å²) in [5.74, 6) is -0.478. The summed E-state index contributed by atoms with van der Waals surface area (Å²) in [6.07, 6.45) is -3.23. The molecule has 4 nitrogen and oxygen atoms in total. The third-order valence-corrected chi connectivity index (χ3v) is 5.77. The first kappa shape index (κ1) is 25.8. The number of amides is 1. The summed E-state index contributed by atoms with van der Waals surface area (Å²) in [6, 6.07) is 10.4. The molecular weight excluding hydrogens is 463 g/mol. The van der Waals surface area contributed by atoms with Gasteiger partial charge in [-0.05, 0) is 42.0 Å². The SMILES string of the molecule is Cc1cc(Cl)ncc1-c1c(C)c(C(F)(F)F)n(Cc2ccccc2)c1C(=O)N(C)CC(C)(C)C. The molecule has 0 unspecified atom stereocenters. The monoisotopic (exact) mass is 491 g/mol. The van der Waals surface area contributed by atoms with Crippen molar-refractivity contribution in [1.29, 1.82) is 0 Å². The largest absolute Gasteiger partial charge is 0.431 e. The molecule has 1 aromatic carbocycles. The maximum absolute atomic E-state index is 14.4. The van der Waals surface area contributed by atoms with Gasteiger partial charge in [0.05, 0.1) is 0 Å². The maximum atomic E-state index is 14.4. The minimum absolute atomic E-state index is 0.00681. The molecule has 0 aliphatic carbocycles. The summed E-state index contributed by atoms with van der Waals surface area (Å²) in [5, 5.41) is 0.233. The Morgan fingerprint density at radius 1 is 1.12 bits per heavy atom. The van der Waals surface area contributed by atoms with E-state index >= 15 is 0 Å². The van der Waals surface area contributed by atoms with Crippen LogP contribution in [-0.2, 0) is 12.7 Å². The van der Waals surface area contributed by atoms with Crippen molar-refractivity contribution in [3.63, 3.8) is 0 Å². The number of benzene rings is 1. The van der Waals surface area contributed by atoms with Gasteiger partial charge >= 0.3 is 6.18 Å². The fraction of sp³-hybridized carbons (Fsp3) is 0.385. The Labute approximate surface area is 203 Å². The summed E-state index contributed by atoms with van der Waals surface area (Å²) in [7, 11) is 1.62. The van der Waals surface area contributed by atoms with E-state index in [9.17, 15) is 18.0 Å². The average Bonchev–Trinajstić information content (AvgIpc) is 2.98. The van der Waals surface area contributed by atoms with E-state index in [1.807, 2.05) is 20.8 Å². The second-order valence-corrected chi connectivity index (χ2v) is 10.2. The van der Waals surface area contributed by atoms with Crippen molar-refractivity contribution in [3.05, 3.63) is 75.8 Å². The molecule has 3 rings (SSSR count).